The Morgan fingerprint density at radius 1 is 0.320 bits per heavy atom. The molecule has 4 nitrogen and oxygen atoms in total. The summed E-state index contributed by atoms with van der Waals surface area (Å²) in [7, 11) is 0. The molecule has 0 fully saturated rings. The van der Waals surface area contributed by atoms with Crippen molar-refractivity contribution in [3.05, 3.63) is 119 Å². The van der Waals surface area contributed by atoms with Gasteiger partial charge in [0.15, 0.2) is 0 Å². The van der Waals surface area contributed by atoms with E-state index in [2.05, 4.69) is 72.8 Å². The van der Waals surface area contributed by atoms with E-state index in [-0.39, 0.29) is 13.4 Å². The Bertz CT molecular complexity index is 3000. The van der Waals surface area contributed by atoms with Crippen LogP contribution in [0, 0.1) is 45.3 Å². The molecule has 0 spiro atoms. The summed E-state index contributed by atoms with van der Waals surface area (Å²) in [6, 6.07) is 43.2. The van der Waals surface area contributed by atoms with E-state index in [4.69, 9.17) is 0 Å². The molecule has 0 saturated carbocycles. The smallest absolute Gasteiger partial charge is 0.192 e. The fourth-order valence-corrected chi connectivity index (χ4v) is 10.1. The number of hydrogen-bond acceptors (Lipinski definition) is 4. The van der Waals surface area contributed by atoms with Gasteiger partial charge in [-0.1, -0.05) is 81.3 Å². The standard InChI is InChI=1S/C44H16B2N4/c47-17-21-1-7-35-29(9-21)33-13-23(19-49)11-31-27-5-4-26-16-38-42-28(6-3-25-15-37(45(35)43(31)33)41(27)39(26)40(25)42)32-12-24(20-50)14-34-30-10-22(18-48)2-8-36(30)46(38)44(32)34/h1-16H. The summed E-state index contributed by atoms with van der Waals surface area (Å²) in [5.74, 6) is 0. The van der Waals surface area contributed by atoms with Crippen LogP contribution < -0.4 is 32.8 Å². The summed E-state index contributed by atoms with van der Waals surface area (Å²) >= 11 is 0. The van der Waals surface area contributed by atoms with Gasteiger partial charge in [0.25, 0.3) is 0 Å². The average Bonchev–Trinajstić information content (AvgIpc) is 3.67. The quantitative estimate of drug-likeness (QED) is 0.175. The summed E-state index contributed by atoms with van der Waals surface area (Å²) in [6.07, 6.45) is 0. The predicted octanol–water partition coefficient (Wildman–Crippen LogP) is 5.02. The van der Waals surface area contributed by atoms with E-state index in [9.17, 15) is 21.0 Å². The maximum Gasteiger partial charge on any atom is 0.244 e. The topological polar surface area (TPSA) is 95.2 Å². The molecule has 0 aliphatic carbocycles. The first-order valence-electron chi connectivity index (χ1n) is 16.6. The number of rotatable bonds is 0. The van der Waals surface area contributed by atoms with Gasteiger partial charge in [-0.2, -0.15) is 21.0 Å². The molecule has 0 unspecified atom stereocenters. The lowest BCUT2D eigenvalue weighted by Gasteiger charge is -2.31. The third-order valence-corrected chi connectivity index (χ3v) is 11.9. The first-order valence-corrected chi connectivity index (χ1v) is 16.6. The number of benzene rings is 8. The number of nitriles is 4. The molecular formula is C44H16B2N4. The van der Waals surface area contributed by atoms with Gasteiger partial charge in [-0.25, -0.2) is 0 Å². The van der Waals surface area contributed by atoms with Crippen LogP contribution in [0.3, 0.4) is 0 Å². The largest absolute Gasteiger partial charge is 0.244 e. The minimum Gasteiger partial charge on any atom is -0.192 e. The molecule has 0 aromatic heterocycles. The highest BCUT2D eigenvalue weighted by Gasteiger charge is 2.44. The van der Waals surface area contributed by atoms with Crippen LogP contribution in [0.4, 0.5) is 0 Å². The van der Waals surface area contributed by atoms with Crippen LogP contribution in [0.1, 0.15) is 22.3 Å². The summed E-state index contributed by atoms with van der Waals surface area (Å²) < 4.78 is 0. The maximum absolute atomic E-state index is 10.2. The molecule has 12 rings (SSSR count). The van der Waals surface area contributed by atoms with Gasteiger partial charge in [0.1, 0.15) is 0 Å². The van der Waals surface area contributed by atoms with E-state index in [0.29, 0.717) is 22.3 Å². The van der Waals surface area contributed by atoms with Crippen molar-refractivity contribution in [2.75, 3.05) is 0 Å². The Morgan fingerprint density at radius 3 is 1.10 bits per heavy atom. The molecule has 0 radical (unpaired) electrons. The van der Waals surface area contributed by atoms with Crippen molar-refractivity contribution in [1.82, 2.24) is 0 Å². The molecule has 0 saturated heterocycles. The zero-order valence-electron chi connectivity index (χ0n) is 26.2. The molecule has 0 atom stereocenters. The molecule has 4 aliphatic heterocycles. The van der Waals surface area contributed by atoms with Crippen molar-refractivity contribution in [2.45, 2.75) is 0 Å². The SMILES string of the molecule is N#Cc1ccc2c(c1)-c1cc(C#N)cc3c1B2c1cc2ccc4c5c(cc6ccc-3c1c6c25)B1c2ccc(C#N)cc2-c2cc(C#N)cc-4c21. The summed E-state index contributed by atoms with van der Waals surface area (Å²) in [4.78, 5) is 0. The van der Waals surface area contributed by atoms with E-state index in [0.717, 1.165) is 44.5 Å². The molecule has 8 aromatic carbocycles. The highest BCUT2D eigenvalue weighted by Crippen LogP contribution is 2.46. The van der Waals surface area contributed by atoms with Gasteiger partial charge in [-0.05, 0) is 125 Å². The molecule has 4 heterocycles. The Balaban J connectivity index is 1.25. The van der Waals surface area contributed by atoms with Gasteiger partial charge in [-0.15, -0.1) is 0 Å². The molecule has 6 heteroatoms. The zero-order valence-corrected chi connectivity index (χ0v) is 26.2. The van der Waals surface area contributed by atoms with Crippen molar-refractivity contribution in [3.63, 3.8) is 0 Å². The van der Waals surface area contributed by atoms with E-state index >= 15 is 0 Å². The van der Waals surface area contributed by atoms with Crippen molar-refractivity contribution >= 4 is 78.5 Å². The van der Waals surface area contributed by atoms with E-state index < -0.39 is 0 Å². The van der Waals surface area contributed by atoms with Crippen molar-refractivity contribution in [2.24, 2.45) is 0 Å². The van der Waals surface area contributed by atoms with Gasteiger partial charge in [0.05, 0.1) is 46.5 Å². The minimum absolute atomic E-state index is 0.0124. The monoisotopic (exact) mass is 622 g/mol. The van der Waals surface area contributed by atoms with Crippen LogP contribution in [0.25, 0.3) is 76.8 Å². The van der Waals surface area contributed by atoms with Crippen molar-refractivity contribution in [1.29, 1.82) is 21.0 Å². The van der Waals surface area contributed by atoms with Crippen LogP contribution in [-0.2, 0) is 0 Å². The lowest BCUT2D eigenvalue weighted by molar-refractivity contribution is 1.48. The van der Waals surface area contributed by atoms with E-state index in [1.54, 1.807) is 0 Å². The van der Waals surface area contributed by atoms with Gasteiger partial charge in [0, 0.05) is 0 Å². The van der Waals surface area contributed by atoms with Crippen molar-refractivity contribution in [3.8, 4) is 68.8 Å². The van der Waals surface area contributed by atoms with Gasteiger partial charge in [0.2, 0.25) is 13.4 Å². The molecule has 50 heavy (non-hydrogen) atoms. The first-order chi connectivity index (χ1) is 24.6. The van der Waals surface area contributed by atoms with Crippen LogP contribution in [0.5, 0.6) is 0 Å². The normalized spacial score (nSPS) is 13.0. The van der Waals surface area contributed by atoms with Gasteiger partial charge in [-0.3, -0.25) is 0 Å². The fourth-order valence-electron chi connectivity index (χ4n) is 10.1. The maximum atomic E-state index is 10.2. The highest BCUT2D eigenvalue weighted by atomic mass is 14.3. The Hall–Kier alpha value is -7.11. The minimum atomic E-state index is -0.0124. The third-order valence-electron chi connectivity index (χ3n) is 11.9. The lowest BCUT2D eigenvalue weighted by Crippen LogP contribution is -2.52. The van der Waals surface area contributed by atoms with Crippen molar-refractivity contribution < 1.29 is 0 Å². The Morgan fingerprint density at radius 2 is 0.700 bits per heavy atom. The molecule has 0 bridgehead atoms. The molecule has 0 amide bonds. The molecule has 4 aliphatic rings. The Kier molecular flexibility index (Phi) is 4.39. The van der Waals surface area contributed by atoms with Crippen LogP contribution >= 0.6 is 0 Å². The molecule has 218 valence electrons. The number of nitrogens with zero attached hydrogens (tertiary/aromatic N) is 4. The number of hydrogen-bond donors (Lipinski definition) is 0. The fraction of sp³-hybridized carbons (Fsp3) is 0. The van der Waals surface area contributed by atoms with Crippen LogP contribution in [0.2, 0.25) is 0 Å². The van der Waals surface area contributed by atoms with Gasteiger partial charge < -0.3 is 0 Å². The highest BCUT2D eigenvalue weighted by molar-refractivity contribution is 7.03. The Labute approximate surface area is 286 Å². The summed E-state index contributed by atoms with van der Waals surface area (Å²) in [6.45, 7) is -0.0249. The first kappa shape index (κ1) is 25.9. The van der Waals surface area contributed by atoms with Gasteiger partial charge >= 0.3 is 0 Å². The second kappa shape index (κ2) is 8.48. The summed E-state index contributed by atoms with van der Waals surface area (Å²) in [5.41, 5.74) is 18.3. The van der Waals surface area contributed by atoms with Crippen LogP contribution in [0.15, 0.2) is 97.1 Å². The van der Waals surface area contributed by atoms with Crippen LogP contribution in [-0.4, -0.2) is 13.4 Å². The number of fused-ring (bicyclic) bond motifs is 10. The summed E-state index contributed by atoms with van der Waals surface area (Å²) in [5, 5.41) is 47.1. The molecule has 8 aromatic rings. The second-order valence-electron chi connectivity index (χ2n) is 14.0. The van der Waals surface area contributed by atoms with E-state index in [1.165, 1.54) is 65.1 Å². The lowest BCUT2D eigenvalue weighted by atomic mass is 9.34. The zero-order chi connectivity index (χ0) is 33.2. The van der Waals surface area contributed by atoms with E-state index in [1.807, 2.05) is 48.5 Å². The molecular weight excluding hydrogens is 606 g/mol. The average molecular weight is 622 g/mol. The third kappa shape index (κ3) is 2.78. The predicted molar refractivity (Wildman–Crippen MR) is 200 cm³/mol. The molecule has 0 N–H and O–H groups in total. The second-order valence-corrected chi connectivity index (χ2v) is 14.0.